The molecular formula is C25H17ClN2O2S. The quantitative estimate of drug-likeness (QED) is 0.510. The van der Waals surface area contributed by atoms with E-state index in [0.717, 1.165) is 22.4 Å². The van der Waals surface area contributed by atoms with E-state index in [0.29, 0.717) is 14.4 Å². The topological polar surface area (TPSA) is 54.6 Å². The number of halogens is 1. The minimum Gasteiger partial charge on any atom is -0.508 e. The molecule has 1 N–H and O–H groups in total. The SMILES string of the molecule is O=c1c(=Cc2ccc(O)cc2)sc2n1C(c1ccc(Cl)cc1)C=C(c1ccccc1)N=2. The number of aromatic nitrogens is 1. The third-order valence-corrected chi connectivity index (χ3v) is 6.35. The highest BCUT2D eigenvalue weighted by atomic mass is 35.5. The van der Waals surface area contributed by atoms with E-state index < -0.39 is 0 Å². The summed E-state index contributed by atoms with van der Waals surface area (Å²) in [6.45, 7) is 0. The number of fused-ring (bicyclic) bond motifs is 1. The molecule has 0 aliphatic carbocycles. The highest BCUT2D eigenvalue weighted by Gasteiger charge is 2.22. The first-order valence-electron chi connectivity index (χ1n) is 9.72. The van der Waals surface area contributed by atoms with Crippen molar-refractivity contribution in [1.29, 1.82) is 0 Å². The van der Waals surface area contributed by atoms with Gasteiger partial charge < -0.3 is 5.11 Å². The molecule has 1 atom stereocenters. The van der Waals surface area contributed by atoms with Crippen LogP contribution in [0.25, 0.3) is 11.8 Å². The van der Waals surface area contributed by atoms with Gasteiger partial charge in [0.05, 0.1) is 16.3 Å². The van der Waals surface area contributed by atoms with Gasteiger partial charge in [0.25, 0.3) is 5.56 Å². The second-order valence-electron chi connectivity index (χ2n) is 7.19. The summed E-state index contributed by atoms with van der Waals surface area (Å²) in [6.07, 6.45) is 3.85. The summed E-state index contributed by atoms with van der Waals surface area (Å²) in [6, 6.07) is 24.0. The van der Waals surface area contributed by atoms with Gasteiger partial charge in [0.15, 0.2) is 4.80 Å². The van der Waals surface area contributed by atoms with Crippen LogP contribution >= 0.6 is 22.9 Å². The van der Waals surface area contributed by atoms with Crippen molar-refractivity contribution < 1.29 is 5.11 Å². The number of aromatic hydroxyl groups is 1. The molecule has 1 aliphatic rings. The fourth-order valence-electron chi connectivity index (χ4n) is 3.57. The van der Waals surface area contributed by atoms with Crippen molar-refractivity contribution in [3.05, 3.63) is 126 Å². The Bertz CT molecular complexity index is 1450. The van der Waals surface area contributed by atoms with Gasteiger partial charge in [-0.05, 0) is 53.1 Å². The third kappa shape index (κ3) is 3.85. The lowest BCUT2D eigenvalue weighted by Gasteiger charge is -2.19. The molecule has 4 aromatic rings. The van der Waals surface area contributed by atoms with Crippen LogP contribution in [0.5, 0.6) is 5.75 Å². The normalized spacial score (nSPS) is 15.8. The number of thiazole rings is 1. The second-order valence-corrected chi connectivity index (χ2v) is 8.63. The molecule has 0 saturated heterocycles. The Balaban J connectivity index is 1.72. The minimum absolute atomic E-state index is 0.0971. The van der Waals surface area contributed by atoms with E-state index >= 15 is 0 Å². The van der Waals surface area contributed by atoms with Crippen molar-refractivity contribution in [3.63, 3.8) is 0 Å². The molecular weight excluding hydrogens is 428 g/mol. The highest BCUT2D eigenvalue weighted by molar-refractivity contribution is 7.07. The number of rotatable bonds is 3. The highest BCUT2D eigenvalue weighted by Crippen LogP contribution is 2.27. The molecule has 1 aliphatic heterocycles. The third-order valence-electron chi connectivity index (χ3n) is 5.12. The van der Waals surface area contributed by atoms with Crippen LogP contribution in [0.15, 0.2) is 94.7 Å². The first-order chi connectivity index (χ1) is 15.1. The summed E-state index contributed by atoms with van der Waals surface area (Å²) in [7, 11) is 0. The van der Waals surface area contributed by atoms with Crippen LogP contribution in [0.2, 0.25) is 5.02 Å². The number of benzene rings is 3. The van der Waals surface area contributed by atoms with Crippen molar-refractivity contribution in [3.8, 4) is 5.75 Å². The standard InChI is InChI=1S/C25H17ClN2O2S/c26-19-10-8-18(9-11-19)22-15-21(17-4-2-1-3-5-17)27-25-28(22)24(30)23(31-25)14-16-6-12-20(29)13-7-16/h1-15,22,29H. The van der Waals surface area contributed by atoms with Crippen LogP contribution in [-0.2, 0) is 0 Å². The Labute approximate surface area is 187 Å². The lowest BCUT2D eigenvalue weighted by atomic mass is 10.0. The Morgan fingerprint density at radius 3 is 2.39 bits per heavy atom. The Hall–Kier alpha value is -3.41. The van der Waals surface area contributed by atoms with E-state index in [1.54, 1.807) is 28.8 Å². The van der Waals surface area contributed by atoms with Gasteiger partial charge in [-0.3, -0.25) is 9.36 Å². The van der Waals surface area contributed by atoms with E-state index in [-0.39, 0.29) is 17.4 Å². The molecule has 1 unspecified atom stereocenters. The molecule has 3 aromatic carbocycles. The minimum atomic E-state index is -0.286. The molecule has 31 heavy (non-hydrogen) atoms. The number of hydrogen-bond acceptors (Lipinski definition) is 4. The zero-order valence-electron chi connectivity index (χ0n) is 16.3. The first kappa shape index (κ1) is 19.5. The molecule has 0 radical (unpaired) electrons. The summed E-state index contributed by atoms with van der Waals surface area (Å²) in [5, 5.41) is 10.2. The Morgan fingerprint density at radius 2 is 1.68 bits per heavy atom. The summed E-state index contributed by atoms with van der Waals surface area (Å²) in [4.78, 5) is 18.8. The largest absolute Gasteiger partial charge is 0.508 e. The summed E-state index contributed by atoms with van der Waals surface area (Å²) in [5.41, 5.74) is 3.54. The van der Waals surface area contributed by atoms with Gasteiger partial charge in [-0.1, -0.05) is 77.5 Å². The van der Waals surface area contributed by atoms with Crippen molar-refractivity contribution in [2.24, 2.45) is 4.99 Å². The molecule has 0 amide bonds. The lowest BCUT2D eigenvalue weighted by Crippen LogP contribution is -2.36. The molecule has 0 spiro atoms. The van der Waals surface area contributed by atoms with Crippen LogP contribution < -0.4 is 14.9 Å². The molecule has 152 valence electrons. The van der Waals surface area contributed by atoms with Crippen molar-refractivity contribution in [2.75, 3.05) is 0 Å². The van der Waals surface area contributed by atoms with Gasteiger partial charge in [0.1, 0.15) is 5.75 Å². The summed E-state index contributed by atoms with van der Waals surface area (Å²) < 4.78 is 2.32. The molecule has 1 aromatic heterocycles. The zero-order valence-corrected chi connectivity index (χ0v) is 17.8. The van der Waals surface area contributed by atoms with E-state index in [1.165, 1.54) is 11.3 Å². The summed E-state index contributed by atoms with van der Waals surface area (Å²) in [5.74, 6) is 0.189. The van der Waals surface area contributed by atoms with Gasteiger partial charge in [0, 0.05) is 5.02 Å². The van der Waals surface area contributed by atoms with Crippen LogP contribution in [0.4, 0.5) is 0 Å². The number of phenolic OH excluding ortho intramolecular Hbond substituents is 1. The van der Waals surface area contributed by atoms with Gasteiger partial charge in [-0.2, -0.15) is 0 Å². The van der Waals surface area contributed by atoms with Gasteiger partial charge in [-0.15, -0.1) is 0 Å². The van der Waals surface area contributed by atoms with Crippen LogP contribution in [0.1, 0.15) is 22.7 Å². The van der Waals surface area contributed by atoms with Crippen molar-refractivity contribution >= 4 is 34.7 Å². The Morgan fingerprint density at radius 1 is 0.968 bits per heavy atom. The van der Waals surface area contributed by atoms with E-state index in [2.05, 4.69) is 0 Å². The lowest BCUT2D eigenvalue weighted by molar-refractivity contribution is 0.475. The molecule has 0 fully saturated rings. The zero-order chi connectivity index (χ0) is 21.4. The van der Waals surface area contributed by atoms with Crippen LogP contribution in [-0.4, -0.2) is 9.67 Å². The molecule has 5 rings (SSSR count). The number of allylic oxidation sites excluding steroid dienone is 1. The van der Waals surface area contributed by atoms with E-state index in [1.807, 2.05) is 66.7 Å². The van der Waals surface area contributed by atoms with Crippen molar-refractivity contribution in [2.45, 2.75) is 6.04 Å². The monoisotopic (exact) mass is 444 g/mol. The first-order valence-corrected chi connectivity index (χ1v) is 10.9. The molecule has 0 bridgehead atoms. The molecule has 6 heteroatoms. The molecule has 0 saturated carbocycles. The predicted molar refractivity (Wildman–Crippen MR) is 125 cm³/mol. The average Bonchev–Trinajstić information content (AvgIpc) is 3.11. The Kier molecular flexibility index (Phi) is 5.06. The molecule has 2 heterocycles. The maximum atomic E-state index is 13.4. The molecule has 4 nitrogen and oxygen atoms in total. The average molecular weight is 445 g/mol. The number of hydrogen-bond donors (Lipinski definition) is 1. The maximum Gasteiger partial charge on any atom is 0.271 e. The van der Waals surface area contributed by atoms with E-state index in [4.69, 9.17) is 16.6 Å². The van der Waals surface area contributed by atoms with Crippen molar-refractivity contribution in [1.82, 2.24) is 4.57 Å². The van der Waals surface area contributed by atoms with Crippen LogP contribution in [0, 0.1) is 0 Å². The fourth-order valence-corrected chi connectivity index (χ4v) is 4.71. The fraction of sp³-hybridized carbons (Fsp3) is 0.0400. The van der Waals surface area contributed by atoms with Gasteiger partial charge in [-0.25, -0.2) is 4.99 Å². The van der Waals surface area contributed by atoms with Crippen LogP contribution in [0.3, 0.4) is 0 Å². The maximum absolute atomic E-state index is 13.4. The smallest absolute Gasteiger partial charge is 0.271 e. The number of phenols is 1. The van der Waals surface area contributed by atoms with E-state index in [9.17, 15) is 9.90 Å². The van der Waals surface area contributed by atoms with Gasteiger partial charge in [0.2, 0.25) is 0 Å². The predicted octanol–water partition coefficient (Wildman–Crippen LogP) is 4.36. The van der Waals surface area contributed by atoms with Gasteiger partial charge >= 0.3 is 0 Å². The summed E-state index contributed by atoms with van der Waals surface area (Å²) >= 11 is 7.45. The second kappa shape index (κ2) is 8.02. The number of nitrogens with zero attached hydrogens (tertiary/aromatic N) is 2.